The van der Waals surface area contributed by atoms with E-state index in [1.807, 2.05) is 24.3 Å². The summed E-state index contributed by atoms with van der Waals surface area (Å²) in [5.74, 6) is 0.831. The third-order valence-electron chi connectivity index (χ3n) is 6.46. The van der Waals surface area contributed by atoms with Crippen LogP contribution in [-0.2, 0) is 4.79 Å². The van der Waals surface area contributed by atoms with Gasteiger partial charge in [-0.15, -0.1) is 0 Å². The Kier molecular flexibility index (Phi) is 7.88. The van der Waals surface area contributed by atoms with Crippen molar-refractivity contribution in [2.75, 3.05) is 19.0 Å². The van der Waals surface area contributed by atoms with Crippen LogP contribution in [0.5, 0.6) is 11.5 Å². The fourth-order valence-corrected chi connectivity index (χ4v) is 5.15. The number of ether oxygens (including phenoxy) is 2. The number of amides is 1. The van der Waals surface area contributed by atoms with Crippen molar-refractivity contribution in [3.8, 4) is 23.1 Å². The van der Waals surface area contributed by atoms with Crippen LogP contribution in [0.15, 0.2) is 105 Å². The van der Waals surface area contributed by atoms with Gasteiger partial charge in [0, 0.05) is 5.69 Å². The number of rotatable bonds is 8. The first kappa shape index (κ1) is 28.1. The van der Waals surface area contributed by atoms with Crippen molar-refractivity contribution in [3.63, 3.8) is 0 Å². The maximum atomic E-state index is 13.6. The Hall–Kier alpha value is -5.04. The number of halogens is 2. The Labute approximate surface area is 257 Å². The number of anilines is 1. The molecule has 0 spiro atoms. The van der Waals surface area contributed by atoms with Gasteiger partial charge in [0.05, 0.1) is 33.2 Å². The second kappa shape index (κ2) is 12.1. The van der Waals surface area contributed by atoms with E-state index >= 15 is 0 Å². The van der Waals surface area contributed by atoms with Crippen molar-refractivity contribution in [2.45, 2.75) is 0 Å². The zero-order chi connectivity index (χ0) is 29.9. The van der Waals surface area contributed by atoms with E-state index < -0.39 is 11.7 Å². The number of hydrogen-bond acceptors (Lipinski definition) is 7. The summed E-state index contributed by atoms with van der Waals surface area (Å²) in [5.41, 5.74) is 1.76. The highest BCUT2D eigenvalue weighted by molar-refractivity contribution is 14.1. The van der Waals surface area contributed by atoms with Crippen LogP contribution in [0, 0.1) is 9.39 Å². The lowest BCUT2D eigenvalue weighted by Crippen LogP contribution is -2.20. The Morgan fingerprint density at radius 2 is 1.86 bits per heavy atom. The molecule has 9 nitrogen and oxygen atoms in total. The minimum atomic E-state index is -0.447. The highest BCUT2D eigenvalue weighted by Crippen LogP contribution is 2.33. The number of para-hydroxylation sites is 1. The van der Waals surface area contributed by atoms with Crippen LogP contribution in [-0.4, -0.2) is 35.5 Å². The minimum absolute atomic E-state index is 0.233. The van der Waals surface area contributed by atoms with Gasteiger partial charge in [-0.3, -0.25) is 9.59 Å². The predicted octanol–water partition coefficient (Wildman–Crippen LogP) is 6.46. The number of furan rings is 1. The maximum Gasteiger partial charge on any atom is 0.282 e. The number of carbonyl (C=O) groups is 1. The van der Waals surface area contributed by atoms with E-state index in [4.69, 9.17) is 18.9 Å². The number of nitrogens with zero attached hydrogens (tertiary/aromatic N) is 3. The normalized spacial score (nSPS) is 11.3. The van der Waals surface area contributed by atoms with Crippen LogP contribution in [0.1, 0.15) is 5.56 Å². The lowest BCUT2D eigenvalue weighted by molar-refractivity contribution is -0.118. The van der Waals surface area contributed by atoms with E-state index in [1.54, 1.807) is 55.6 Å². The molecule has 2 heterocycles. The summed E-state index contributed by atoms with van der Waals surface area (Å²) in [7, 11) is 1.58. The molecule has 6 rings (SSSR count). The van der Waals surface area contributed by atoms with E-state index in [1.165, 1.54) is 29.1 Å². The molecule has 6 aromatic rings. The summed E-state index contributed by atoms with van der Waals surface area (Å²) in [6.45, 7) is -0.260. The van der Waals surface area contributed by atoms with Gasteiger partial charge in [0.15, 0.2) is 12.4 Å². The standard InChI is InChI=1S/C32H22FIN4O5/c1-41-26-10-5-11-27-23(26)16-29(43-27)31-37-25-9-3-2-8-22(25)32(40)38(31)35-17-19-12-13-28(24(34)14-19)42-18-30(39)36-21-7-4-6-20(33)15-21/h2-17H,18H2,1H3,(H,36,39). The average Bonchev–Trinajstić information content (AvgIpc) is 3.45. The summed E-state index contributed by atoms with van der Waals surface area (Å²) < 4.78 is 32.5. The molecular formula is C32H22FIN4O5. The van der Waals surface area contributed by atoms with E-state index in [-0.39, 0.29) is 18.0 Å². The molecule has 0 radical (unpaired) electrons. The average molecular weight is 688 g/mol. The largest absolute Gasteiger partial charge is 0.496 e. The summed E-state index contributed by atoms with van der Waals surface area (Å²) in [4.78, 5) is 30.5. The van der Waals surface area contributed by atoms with Crippen LogP contribution in [0.3, 0.4) is 0 Å². The fraction of sp³-hybridized carbons (Fsp3) is 0.0625. The molecule has 0 aliphatic heterocycles. The molecule has 11 heteroatoms. The maximum absolute atomic E-state index is 13.6. The molecular weight excluding hydrogens is 666 g/mol. The molecule has 1 amide bonds. The fourth-order valence-electron chi connectivity index (χ4n) is 4.46. The summed E-state index contributed by atoms with van der Waals surface area (Å²) in [5, 5.41) is 8.25. The van der Waals surface area contributed by atoms with Crippen molar-refractivity contribution in [2.24, 2.45) is 5.10 Å². The van der Waals surface area contributed by atoms with Crippen LogP contribution in [0.2, 0.25) is 0 Å². The Balaban J connectivity index is 1.28. The number of fused-ring (bicyclic) bond motifs is 2. The van der Waals surface area contributed by atoms with Crippen LogP contribution in [0.4, 0.5) is 10.1 Å². The third-order valence-corrected chi connectivity index (χ3v) is 7.30. The molecule has 0 fully saturated rings. The SMILES string of the molecule is COc1cccc2oc(-c3nc4ccccc4c(=O)n3N=Cc3ccc(OCC(=O)Nc4cccc(F)c4)c(I)c3)cc12. The number of hydrogen-bond donors (Lipinski definition) is 1. The number of carbonyl (C=O) groups excluding carboxylic acids is 1. The van der Waals surface area contributed by atoms with Crippen molar-refractivity contribution in [3.05, 3.63) is 116 Å². The molecule has 0 aliphatic carbocycles. The van der Waals surface area contributed by atoms with E-state index in [0.717, 1.165) is 5.39 Å². The van der Waals surface area contributed by atoms with Crippen molar-refractivity contribution < 1.29 is 23.1 Å². The monoisotopic (exact) mass is 688 g/mol. The van der Waals surface area contributed by atoms with E-state index in [9.17, 15) is 14.0 Å². The van der Waals surface area contributed by atoms with Gasteiger partial charge < -0.3 is 19.2 Å². The molecule has 43 heavy (non-hydrogen) atoms. The number of methoxy groups -OCH3 is 1. The number of aromatic nitrogens is 2. The molecule has 0 unspecified atom stereocenters. The molecule has 1 N–H and O–H groups in total. The topological polar surface area (TPSA) is 108 Å². The first-order valence-corrected chi connectivity index (χ1v) is 14.1. The van der Waals surface area contributed by atoms with Crippen LogP contribution in [0.25, 0.3) is 33.5 Å². The van der Waals surface area contributed by atoms with E-state index in [2.05, 4.69) is 33.0 Å². The van der Waals surface area contributed by atoms with Crippen LogP contribution >= 0.6 is 22.6 Å². The molecule has 4 aromatic carbocycles. The van der Waals surface area contributed by atoms with Gasteiger partial charge in [0.2, 0.25) is 5.82 Å². The highest BCUT2D eigenvalue weighted by Gasteiger charge is 2.18. The smallest absolute Gasteiger partial charge is 0.282 e. The van der Waals surface area contributed by atoms with Gasteiger partial charge in [-0.25, -0.2) is 9.37 Å². The van der Waals surface area contributed by atoms with Crippen molar-refractivity contribution in [1.82, 2.24) is 9.66 Å². The minimum Gasteiger partial charge on any atom is -0.496 e. The summed E-state index contributed by atoms with van der Waals surface area (Å²) >= 11 is 2.09. The molecule has 0 bridgehead atoms. The first-order valence-electron chi connectivity index (χ1n) is 13.0. The zero-order valence-corrected chi connectivity index (χ0v) is 24.7. The predicted molar refractivity (Wildman–Crippen MR) is 170 cm³/mol. The molecule has 0 saturated heterocycles. The zero-order valence-electron chi connectivity index (χ0n) is 22.6. The van der Waals surface area contributed by atoms with Gasteiger partial charge >= 0.3 is 0 Å². The quantitative estimate of drug-likeness (QED) is 0.145. The summed E-state index contributed by atoms with van der Waals surface area (Å²) in [6.07, 6.45) is 1.53. The van der Waals surface area contributed by atoms with Crippen molar-refractivity contribution >= 4 is 62.3 Å². The molecule has 0 saturated carbocycles. The van der Waals surface area contributed by atoms with Gasteiger partial charge in [-0.2, -0.15) is 9.78 Å². The number of nitrogens with one attached hydrogen (secondary N) is 1. The third kappa shape index (κ3) is 5.97. The Morgan fingerprint density at radius 3 is 2.67 bits per heavy atom. The second-order valence-corrected chi connectivity index (χ2v) is 10.5. The van der Waals surface area contributed by atoms with Crippen molar-refractivity contribution in [1.29, 1.82) is 0 Å². The Bertz CT molecular complexity index is 2090. The van der Waals surface area contributed by atoms with Crippen LogP contribution < -0.4 is 20.3 Å². The highest BCUT2D eigenvalue weighted by atomic mass is 127. The van der Waals surface area contributed by atoms with Gasteiger partial charge in [-0.1, -0.05) is 24.3 Å². The molecule has 214 valence electrons. The van der Waals surface area contributed by atoms with Gasteiger partial charge in [0.1, 0.15) is 22.9 Å². The lowest BCUT2D eigenvalue weighted by Gasteiger charge is -2.10. The number of benzene rings is 4. The second-order valence-electron chi connectivity index (χ2n) is 9.33. The van der Waals surface area contributed by atoms with Gasteiger partial charge in [0.25, 0.3) is 11.5 Å². The summed E-state index contributed by atoms with van der Waals surface area (Å²) in [6, 6.07) is 25.1. The molecule has 0 aliphatic rings. The molecule has 0 atom stereocenters. The van der Waals surface area contributed by atoms with Gasteiger partial charge in [-0.05, 0) is 94.9 Å². The molecule has 2 aromatic heterocycles. The first-order chi connectivity index (χ1) is 20.9. The Morgan fingerprint density at radius 1 is 1.02 bits per heavy atom. The van der Waals surface area contributed by atoms with E-state index in [0.29, 0.717) is 48.6 Å². The lowest BCUT2D eigenvalue weighted by atomic mass is 10.2.